The van der Waals surface area contributed by atoms with E-state index in [1.807, 2.05) is 30.3 Å². The molecule has 2 aromatic rings. The summed E-state index contributed by atoms with van der Waals surface area (Å²) in [7, 11) is -2.66. The van der Waals surface area contributed by atoms with Gasteiger partial charge in [0.15, 0.2) is 5.78 Å². The highest BCUT2D eigenvalue weighted by molar-refractivity contribution is 8.03. The third-order valence-corrected chi connectivity index (χ3v) is 4.59. The van der Waals surface area contributed by atoms with Crippen LogP contribution in [0.5, 0.6) is 0 Å². The first-order chi connectivity index (χ1) is 10.4. The molecule has 0 amide bonds. The van der Waals surface area contributed by atoms with Crippen molar-refractivity contribution in [1.82, 2.24) is 0 Å². The molecule has 0 spiro atoms. The first-order valence-electron chi connectivity index (χ1n) is 6.87. The van der Waals surface area contributed by atoms with Crippen LogP contribution in [0.25, 0.3) is 0 Å². The van der Waals surface area contributed by atoms with Gasteiger partial charge in [-0.05, 0) is 15.1 Å². The average Bonchev–Trinajstić information content (AvgIpc) is 2.47. The Balaban J connectivity index is 2.39. The van der Waals surface area contributed by atoms with E-state index < -0.39 is 15.3 Å². The van der Waals surface area contributed by atoms with E-state index in [9.17, 15) is 13.8 Å². The van der Waals surface area contributed by atoms with Gasteiger partial charge in [0, 0.05) is 24.5 Å². The van der Waals surface area contributed by atoms with Crippen molar-refractivity contribution >= 4 is 26.0 Å². The number of benzene rings is 2. The summed E-state index contributed by atoms with van der Waals surface area (Å²) in [6, 6.07) is 17.6. The van der Waals surface area contributed by atoms with Crippen LogP contribution in [0.3, 0.4) is 0 Å². The van der Waals surface area contributed by atoms with E-state index in [-0.39, 0.29) is 17.1 Å². The molecule has 0 saturated carbocycles. The molecule has 0 unspecified atom stereocenters. The van der Waals surface area contributed by atoms with E-state index in [4.69, 9.17) is 0 Å². The lowest BCUT2D eigenvalue weighted by atomic mass is 10.0. The maximum atomic E-state index is 12.6. The standard InChI is InChI=1S/C18H18O3S/c1-22(2,21)18(17(20)15-11-7-4-8-12-15)16(19)13-14-9-5-3-6-10-14/h3-12H,13H2,1-2H3. The minimum Gasteiger partial charge on any atom is -0.293 e. The predicted molar refractivity (Wildman–Crippen MR) is 90.9 cm³/mol. The largest absolute Gasteiger partial charge is 0.293 e. The second-order valence-electron chi connectivity index (χ2n) is 5.34. The van der Waals surface area contributed by atoms with E-state index in [2.05, 4.69) is 0 Å². The summed E-state index contributed by atoms with van der Waals surface area (Å²) >= 11 is 0. The fourth-order valence-corrected chi connectivity index (χ4v) is 3.39. The first kappa shape index (κ1) is 16.2. The van der Waals surface area contributed by atoms with Gasteiger partial charge in [-0.15, -0.1) is 0 Å². The van der Waals surface area contributed by atoms with Gasteiger partial charge in [0.1, 0.15) is 4.86 Å². The molecular formula is C18H18O3S. The third kappa shape index (κ3) is 3.92. The van der Waals surface area contributed by atoms with Crippen molar-refractivity contribution in [2.75, 3.05) is 12.5 Å². The molecule has 4 heteroatoms. The maximum absolute atomic E-state index is 12.6. The summed E-state index contributed by atoms with van der Waals surface area (Å²) < 4.78 is 12.5. The number of rotatable bonds is 5. The van der Waals surface area contributed by atoms with Crippen LogP contribution in [0.4, 0.5) is 0 Å². The van der Waals surface area contributed by atoms with Crippen molar-refractivity contribution in [1.29, 1.82) is 0 Å². The van der Waals surface area contributed by atoms with Crippen LogP contribution in [-0.2, 0) is 20.7 Å². The zero-order valence-electron chi connectivity index (χ0n) is 12.6. The Bertz CT molecular complexity index is 791. The van der Waals surface area contributed by atoms with Crippen LogP contribution < -0.4 is 0 Å². The number of carbonyl (C=O) groups excluding carboxylic acids is 2. The number of carbonyl (C=O) groups is 2. The van der Waals surface area contributed by atoms with Crippen LogP contribution in [0.1, 0.15) is 15.9 Å². The minimum atomic E-state index is -2.66. The summed E-state index contributed by atoms with van der Waals surface area (Å²) in [5.74, 6) is -0.827. The van der Waals surface area contributed by atoms with Gasteiger partial charge in [-0.2, -0.15) is 0 Å². The molecule has 0 aliphatic carbocycles. The van der Waals surface area contributed by atoms with Crippen molar-refractivity contribution < 1.29 is 13.8 Å². The lowest BCUT2D eigenvalue weighted by Crippen LogP contribution is -2.32. The van der Waals surface area contributed by atoms with E-state index in [0.717, 1.165) is 5.56 Å². The predicted octanol–water partition coefficient (Wildman–Crippen LogP) is 2.40. The Morgan fingerprint density at radius 3 is 1.86 bits per heavy atom. The molecule has 2 rings (SSSR count). The molecule has 2 aromatic carbocycles. The quantitative estimate of drug-likeness (QED) is 0.484. The SMILES string of the molecule is CS(C)(=O)=C(C(=O)Cc1ccccc1)C(=O)c1ccccc1. The van der Waals surface area contributed by atoms with E-state index >= 15 is 0 Å². The van der Waals surface area contributed by atoms with Gasteiger partial charge in [0.05, 0.1) is 0 Å². The Morgan fingerprint density at radius 2 is 1.36 bits per heavy atom. The van der Waals surface area contributed by atoms with Crippen molar-refractivity contribution in [3.8, 4) is 0 Å². The fraction of sp³-hybridized carbons (Fsp3) is 0.167. The third-order valence-electron chi connectivity index (χ3n) is 3.19. The molecule has 0 N–H and O–H groups in total. The lowest BCUT2D eigenvalue weighted by Gasteiger charge is -2.09. The van der Waals surface area contributed by atoms with Crippen LogP contribution in [0, 0.1) is 0 Å². The van der Waals surface area contributed by atoms with Gasteiger partial charge in [-0.25, -0.2) is 0 Å². The smallest absolute Gasteiger partial charge is 0.204 e. The maximum Gasteiger partial charge on any atom is 0.204 e. The molecular weight excluding hydrogens is 296 g/mol. The summed E-state index contributed by atoms with van der Waals surface area (Å²) in [6.45, 7) is 0. The second kappa shape index (κ2) is 6.71. The van der Waals surface area contributed by atoms with Crippen LogP contribution >= 0.6 is 0 Å². The number of ketones is 2. The Hall–Kier alpha value is -2.20. The summed E-state index contributed by atoms with van der Waals surface area (Å²) in [4.78, 5) is 25.0. The molecule has 0 radical (unpaired) electrons. The molecule has 0 atom stereocenters. The van der Waals surface area contributed by atoms with Crippen molar-refractivity contribution in [2.24, 2.45) is 0 Å². The average molecular weight is 314 g/mol. The van der Waals surface area contributed by atoms with Crippen LogP contribution in [-0.4, -0.2) is 33.2 Å². The van der Waals surface area contributed by atoms with Crippen molar-refractivity contribution in [3.05, 3.63) is 71.8 Å². The molecule has 0 aliphatic heterocycles. The molecule has 0 bridgehead atoms. The number of Topliss-reactive ketones (excluding diaryl/α,β-unsaturated/α-hetero) is 2. The Labute approximate surface area is 131 Å². The van der Waals surface area contributed by atoms with E-state index in [0.29, 0.717) is 5.56 Å². The molecule has 114 valence electrons. The molecule has 0 heterocycles. The van der Waals surface area contributed by atoms with Crippen molar-refractivity contribution in [3.63, 3.8) is 0 Å². The van der Waals surface area contributed by atoms with Gasteiger partial charge in [-0.1, -0.05) is 60.7 Å². The molecule has 0 aromatic heterocycles. The number of hydrogen-bond acceptors (Lipinski definition) is 3. The summed E-state index contributed by atoms with van der Waals surface area (Å²) in [6.07, 6.45) is 2.95. The van der Waals surface area contributed by atoms with Crippen LogP contribution in [0.2, 0.25) is 0 Å². The zero-order valence-corrected chi connectivity index (χ0v) is 13.4. The van der Waals surface area contributed by atoms with Gasteiger partial charge < -0.3 is 0 Å². The fourth-order valence-electron chi connectivity index (χ4n) is 2.21. The van der Waals surface area contributed by atoms with E-state index in [1.54, 1.807) is 30.3 Å². The first-order valence-corrected chi connectivity index (χ1v) is 9.25. The van der Waals surface area contributed by atoms with Gasteiger partial charge in [0.2, 0.25) is 5.78 Å². The monoisotopic (exact) mass is 314 g/mol. The summed E-state index contributed by atoms with van der Waals surface area (Å²) in [5.41, 5.74) is 1.19. The number of hydrogen-bond donors (Lipinski definition) is 0. The van der Waals surface area contributed by atoms with Gasteiger partial charge in [0.25, 0.3) is 0 Å². The Kier molecular flexibility index (Phi) is 4.93. The molecule has 22 heavy (non-hydrogen) atoms. The van der Waals surface area contributed by atoms with Crippen molar-refractivity contribution in [2.45, 2.75) is 6.42 Å². The second-order valence-corrected chi connectivity index (χ2v) is 8.22. The zero-order chi connectivity index (χ0) is 16.2. The highest BCUT2D eigenvalue weighted by Gasteiger charge is 2.24. The molecule has 0 aliphatic rings. The topological polar surface area (TPSA) is 51.2 Å². The van der Waals surface area contributed by atoms with Gasteiger partial charge in [-0.3, -0.25) is 13.8 Å². The molecule has 3 nitrogen and oxygen atoms in total. The highest BCUT2D eigenvalue weighted by atomic mass is 32.2. The normalized spacial score (nSPS) is 11.0. The molecule has 0 saturated heterocycles. The Morgan fingerprint density at radius 1 is 0.864 bits per heavy atom. The molecule has 0 fully saturated rings. The van der Waals surface area contributed by atoms with Gasteiger partial charge >= 0.3 is 0 Å². The minimum absolute atomic E-state index is 0.0768. The lowest BCUT2D eigenvalue weighted by molar-refractivity contribution is -0.112. The van der Waals surface area contributed by atoms with E-state index in [1.165, 1.54) is 12.5 Å². The summed E-state index contributed by atoms with van der Waals surface area (Å²) in [5, 5.41) is 0. The highest BCUT2D eigenvalue weighted by Crippen LogP contribution is 2.08. The van der Waals surface area contributed by atoms with Crippen LogP contribution in [0.15, 0.2) is 60.7 Å².